The van der Waals surface area contributed by atoms with E-state index in [4.69, 9.17) is 9.47 Å². The molecule has 10 nitrogen and oxygen atoms in total. The van der Waals surface area contributed by atoms with Gasteiger partial charge in [-0.3, -0.25) is 14.3 Å². The van der Waals surface area contributed by atoms with E-state index in [-0.39, 0.29) is 6.42 Å². The first kappa shape index (κ1) is 33.6. The lowest BCUT2D eigenvalue weighted by Crippen LogP contribution is -2.69. The molecule has 5 atom stereocenters. The summed E-state index contributed by atoms with van der Waals surface area (Å²) in [5, 5.41) is 41.9. The number of hydrogen-bond donors (Lipinski definition) is 5. The fourth-order valence-corrected chi connectivity index (χ4v) is 5.34. The van der Waals surface area contributed by atoms with Crippen molar-refractivity contribution in [2.24, 2.45) is 0 Å². The van der Waals surface area contributed by atoms with E-state index in [0.717, 1.165) is 29.7 Å². The van der Waals surface area contributed by atoms with Gasteiger partial charge in [-0.2, -0.15) is 0 Å². The fourth-order valence-electron chi connectivity index (χ4n) is 5.34. The molecule has 0 aliphatic carbocycles. The molecule has 0 aromatic carbocycles. The van der Waals surface area contributed by atoms with Crippen LogP contribution in [0.2, 0.25) is 0 Å². The number of aromatic amines is 1. The van der Waals surface area contributed by atoms with Crippen LogP contribution in [0.1, 0.15) is 110 Å². The van der Waals surface area contributed by atoms with E-state index in [1.54, 1.807) is 0 Å². The Kier molecular flexibility index (Phi) is 16.2. The third-order valence-electron chi connectivity index (χ3n) is 7.74. The maximum Gasteiger partial charge on any atom is 0.330 e. The molecule has 1 aromatic heterocycles. The van der Waals surface area contributed by atoms with Crippen molar-refractivity contribution in [1.82, 2.24) is 9.55 Å². The molecule has 0 saturated carbocycles. The van der Waals surface area contributed by atoms with Gasteiger partial charge in [0.05, 0.1) is 6.61 Å². The van der Waals surface area contributed by atoms with Crippen molar-refractivity contribution in [3.8, 4) is 0 Å². The fraction of sp³-hybridized carbons (Fsp3) is 0.862. The summed E-state index contributed by atoms with van der Waals surface area (Å²) in [6.07, 6.45) is 14.1. The highest BCUT2D eigenvalue weighted by atomic mass is 16.6. The molecule has 0 spiro atoms. The molecule has 0 amide bonds. The zero-order valence-electron chi connectivity index (χ0n) is 23.8. The molecular weight excluding hydrogens is 504 g/mol. The van der Waals surface area contributed by atoms with Gasteiger partial charge < -0.3 is 29.9 Å². The van der Waals surface area contributed by atoms with Crippen molar-refractivity contribution >= 4 is 0 Å². The molecule has 1 fully saturated rings. The lowest BCUT2D eigenvalue weighted by Gasteiger charge is -2.48. The van der Waals surface area contributed by atoms with Crippen LogP contribution in [0.5, 0.6) is 0 Å². The van der Waals surface area contributed by atoms with Gasteiger partial charge in [-0.1, -0.05) is 90.4 Å². The van der Waals surface area contributed by atoms with E-state index in [9.17, 15) is 30.0 Å². The third kappa shape index (κ3) is 10.7. The number of hydrogen-bond acceptors (Lipinski definition) is 8. The number of H-pyrrole nitrogens is 1. The Hall–Kier alpha value is -1.56. The standard InChI is InChI=1S/C29H52N2O8/c1-2-3-4-5-6-7-8-9-10-11-12-13-14-15-20-38-21-16-17-24-29(37,27(35)26(34)23(22-32)39-24)31-19-18-25(33)30-28(31)36/h18-19,23-24,26-27,32,34-35,37H,2-17,20-22H2,1H3,(H,30,33,36)/t23-,24?,26+,27+,29+/m1/s1. The van der Waals surface area contributed by atoms with Gasteiger partial charge in [0.15, 0.2) is 0 Å². The minimum atomic E-state index is -2.33. The van der Waals surface area contributed by atoms with Crippen LogP contribution < -0.4 is 11.2 Å². The van der Waals surface area contributed by atoms with Gasteiger partial charge >= 0.3 is 5.69 Å². The zero-order valence-corrected chi connectivity index (χ0v) is 23.8. The van der Waals surface area contributed by atoms with Crippen molar-refractivity contribution in [3.05, 3.63) is 33.1 Å². The summed E-state index contributed by atoms with van der Waals surface area (Å²) in [6, 6.07) is 1.03. The highest BCUT2D eigenvalue weighted by Crippen LogP contribution is 2.35. The topological polar surface area (TPSA) is 154 Å². The number of ether oxygens (including phenoxy) is 2. The summed E-state index contributed by atoms with van der Waals surface area (Å²) >= 11 is 0. The zero-order chi connectivity index (χ0) is 28.5. The Morgan fingerprint density at radius 3 is 1.97 bits per heavy atom. The molecule has 1 saturated heterocycles. The molecule has 10 heteroatoms. The molecule has 0 radical (unpaired) electrons. The van der Waals surface area contributed by atoms with Crippen LogP contribution in [-0.4, -0.2) is 74.2 Å². The van der Waals surface area contributed by atoms with Gasteiger partial charge in [-0.05, 0) is 19.3 Å². The number of nitrogens with zero attached hydrogens (tertiary/aromatic N) is 1. The number of aliphatic hydroxyl groups is 4. The first-order valence-electron chi connectivity index (χ1n) is 15.1. The van der Waals surface area contributed by atoms with Crippen LogP contribution in [-0.2, 0) is 15.2 Å². The number of nitrogens with one attached hydrogen (secondary N) is 1. The summed E-state index contributed by atoms with van der Waals surface area (Å²) in [4.78, 5) is 25.9. The third-order valence-corrected chi connectivity index (χ3v) is 7.74. The molecule has 39 heavy (non-hydrogen) atoms. The van der Waals surface area contributed by atoms with Crippen molar-refractivity contribution in [1.29, 1.82) is 0 Å². The smallest absolute Gasteiger partial charge is 0.330 e. The highest BCUT2D eigenvalue weighted by Gasteiger charge is 2.56. The monoisotopic (exact) mass is 556 g/mol. The lowest BCUT2D eigenvalue weighted by atomic mass is 9.86. The molecule has 5 N–H and O–H groups in total. The second-order valence-corrected chi connectivity index (χ2v) is 10.9. The summed E-state index contributed by atoms with van der Waals surface area (Å²) < 4.78 is 12.2. The second-order valence-electron chi connectivity index (χ2n) is 10.9. The van der Waals surface area contributed by atoms with Gasteiger partial charge in [0.25, 0.3) is 5.56 Å². The Morgan fingerprint density at radius 1 is 0.897 bits per heavy atom. The highest BCUT2D eigenvalue weighted by molar-refractivity contribution is 5.03. The van der Waals surface area contributed by atoms with Crippen LogP contribution in [0.25, 0.3) is 0 Å². The van der Waals surface area contributed by atoms with Gasteiger partial charge in [-0.25, -0.2) is 4.79 Å². The van der Waals surface area contributed by atoms with Crippen LogP contribution in [0.4, 0.5) is 0 Å². The van der Waals surface area contributed by atoms with E-state index in [1.165, 1.54) is 77.0 Å². The Balaban J connectivity index is 1.62. The SMILES string of the molecule is CCCCCCCCCCCCCCCCOCCCC1O[C@H](CO)[C@H](O)[C@H](O)[C@]1(O)n1ccc(=O)[nH]c1=O. The number of rotatable bonds is 21. The van der Waals surface area contributed by atoms with Crippen molar-refractivity contribution < 1.29 is 29.9 Å². The first-order chi connectivity index (χ1) is 18.9. The quantitative estimate of drug-likeness (QED) is 0.145. The number of aromatic nitrogens is 2. The summed E-state index contributed by atoms with van der Waals surface area (Å²) in [6.45, 7) is 2.72. The molecule has 226 valence electrons. The molecule has 1 aliphatic rings. The Labute approximate surface area is 232 Å². The Morgan fingerprint density at radius 2 is 1.44 bits per heavy atom. The molecule has 1 aromatic rings. The Bertz CT molecular complexity index is 891. The summed E-state index contributed by atoms with van der Waals surface area (Å²) in [7, 11) is 0. The minimum Gasteiger partial charge on any atom is -0.394 e. The normalized spacial score (nSPS) is 25.3. The lowest BCUT2D eigenvalue weighted by molar-refractivity contribution is -0.310. The summed E-state index contributed by atoms with van der Waals surface area (Å²) in [5.41, 5.74) is -3.93. The van der Waals surface area contributed by atoms with Gasteiger partial charge in [0.2, 0.25) is 5.72 Å². The minimum absolute atomic E-state index is 0.196. The van der Waals surface area contributed by atoms with Crippen LogP contribution in [0.15, 0.2) is 21.9 Å². The number of aliphatic hydroxyl groups excluding tert-OH is 3. The van der Waals surface area contributed by atoms with Crippen molar-refractivity contribution in [2.45, 2.75) is 140 Å². The average Bonchev–Trinajstić information content (AvgIpc) is 2.92. The molecule has 1 aliphatic heterocycles. The predicted octanol–water partition coefficient (Wildman–Crippen LogP) is 2.94. The van der Waals surface area contributed by atoms with Crippen LogP contribution in [0, 0.1) is 0 Å². The van der Waals surface area contributed by atoms with E-state index < -0.39 is 48.0 Å². The van der Waals surface area contributed by atoms with Gasteiger partial charge in [-0.15, -0.1) is 0 Å². The number of unbranched alkanes of at least 4 members (excludes halogenated alkanes) is 13. The van der Waals surface area contributed by atoms with E-state index >= 15 is 0 Å². The van der Waals surface area contributed by atoms with E-state index in [2.05, 4.69) is 6.92 Å². The molecular formula is C29H52N2O8. The second kappa shape index (κ2) is 18.7. The summed E-state index contributed by atoms with van der Waals surface area (Å²) in [5.74, 6) is 0. The molecule has 1 unspecified atom stereocenters. The van der Waals surface area contributed by atoms with Crippen molar-refractivity contribution in [2.75, 3.05) is 19.8 Å². The maximum absolute atomic E-state index is 12.4. The van der Waals surface area contributed by atoms with Crippen LogP contribution >= 0.6 is 0 Å². The predicted molar refractivity (Wildman–Crippen MR) is 150 cm³/mol. The van der Waals surface area contributed by atoms with Crippen molar-refractivity contribution in [3.63, 3.8) is 0 Å². The molecule has 2 rings (SSSR count). The van der Waals surface area contributed by atoms with Gasteiger partial charge in [0, 0.05) is 25.5 Å². The molecule has 2 heterocycles. The van der Waals surface area contributed by atoms with Gasteiger partial charge in [0.1, 0.15) is 24.4 Å². The van der Waals surface area contributed by atoms with E-state index in [1.807, 2.05) is 4.98 Å². The average molecular weight is 557 g/mol. The van der Waals surface area contributed by atoms with Crippen LogP contribution in [0.3, 0.4) is 0 Å². The maximum atomic E-state index is 12.4. The first-order valence-corrected chi connectivity index (χ1v) is 15.1. The molecule has 0 bridgehead atoms. The van der Waals surface area contributed by atoms with E-state index in [0.29, 0.717) is 19.6 Å². The largest absolute Gasteiger partial charge is 0.394 e.